The number of hydrogen-bond donors (Lipinski definition) is 2. The van der Waals surface area contributed by atoms with Crippen molar-refractivity contribution in [1.82, 2.24) is 9.97 Å². The molecule has 0 aliphatic carbocycles. The summed E-state index contributed by atoms with van der Waals surface area (Å²) in [5.41, 5.74) is -0.676. The number of halogens is 3. The average molecular weight is 374 g/mol. The van der Waals surface area contributed by atoms with Crippen molar-refractivity contribution in [2.24, 2.45) is 0 Å². The Hall–Kier alpha value is -3.49. The van der Waals surface area contributed by atoms with Crippen LogP contribution >= 0.6 is 0 Å². The molecule has 0 aliphatic heterocycles. The largest absolute Gasteiger partial charge is 0.418 e. The number of alkyl halides is 3. The maximum Gasteiger partial charge on any atom is 0.418 e. The summed E-state index contributed by atoms with van der Waals surface area (Å²) < 4.78 is 40.0. The summed E-state index contributed by atoms with van der Waals surface area (Å²) in [4.78, 5) is 31.6. The lowest BCUT2D eigenvalue weighted by atomic mass is 10.1. The van der Waals surface area contributed by atoms with Gasteiger partial charge in [-0.1, -0.05) is 12.1 Å². The van der Waals surface area contributed by atoms with E-state index >= 15 is 0 Å². The Morgan fingerprint density at radius 2 is 1.70 bits per heavy atom. The van der Waals surface area contributed by atoms with Gasteiger partial charge in [-0.2, -0.15) is 13.2 Å². The van der Waals surface area contributed by atoms with Crippen molar-refractivity contribution in [2.75, 3.05) is 10.6 Å². The van der Waals surface area contributed by atoms with Crippen LogP contribution in [0.5, 0.6) is 0 Å². The number of anilines is 2. The van der Waals surface area contributed by atoms with Crippen LogP contribution < -0.4 is 10.6 Å². The minimum Gasteiger partial charge on any atom is -0.326 e. The number of nitrogens with zero attached hydrogens (tertiary/aromatic N) is 2. The number of para-hydroxylation sites is 2. The van der Waals surface area contributed by atoms with E-state index in [0.29, 0.717) is 11.0 Å². The molecule has 0 saturated carbocycles. The number of rotatable bonds is 3. The number of amides is 2. The molecule has 1 aromatic heterocycles. The summed E-state index contributed by atoms with van der Waals surface area (Å²) in [6, 6.07) is 9.89. The van der Waals surface area contributed by atoms with Gasteiger partial charge in [0.25, 0.3) is 5.91 Å². The van der Waals surface area contributed by atoms with Crippen molar-refractivity contribution in [2.45, 2.75) is 13.1 Å². The zero-order valence-corrected chi connectivity index (χ0v) is 14.0. The highest BCUT2D eigenvalue weighted by Crippen LogP contribution is 2.36. The van der Waals surface area contributed by atoms with Gasteiger partial charge in [0.1, 0.15) is 5.69 Å². The van der Waals surface area contributed by atoms with Crippen LogP contribution in [0, 0.1) is 0 Å². The van der Waals surface area contributed by atoms with Crippen molar-refractivity contribution in [3.63, 3.8) is 0 Å². The topological polar surface area (TPSA) is 84.0 Å². The lowest BCUT2D eigenvalue weighted by molar-refractivity contribution is -0.137. The maximum atomic E-state index is 13.3. The molecule has 27 heavy (non-hydrogen) atoms. The van der Waals surface area contributed by atoms with Crippen molar-refractivity contribution in [1.29, 1.82) is 0 Å². The van der Waals surface area contributed by atoms with E-state index in [2.05, 4.69) is 20.6 Å². The molecule has 6 nitrogen and oxygen atoms in total. The molecule has 3 aromatic rings. The summed E-state index contributed by atoms with van der Waals surface area (Å²) in [6.45, 7) is 1.18. The van der Waals surface area contributed by atoms with E-state index in [1.165, 1.54) is 19.2 Å². The molecule has 0 saturated heterocycles. The van der Waals surface area contributed by atoms with Gasteiger partial charge in [-0.05, 0) is 30.3 Å². The molecule has 2 aromatic carbocycles. The second-order valence-corrected chi connectivity index (χ2v) is 5.64. The third-order valence-corrected chi connectivity index (χ3v) is 3.57. The third kappa shape index (κ3) is 4.20. The Labute approximate surface area is 151 Å². The summed E-state index contributed by atoms with van der Waals surface area (Å²) in [7, 11) is 0. The van der Waals surface area contributed by atoms with E-state index in [0.717, 1.165) is 12.1 Å². The fraction of sp³-hybridized carbons (Fsp3) is 0.111. The minimum atomic E-state index is -4.73. The first-order chi connectivity index (χ1) is 12.7. The van der Waals surface area contributed by atoms with E-state index in [-0.39, 0.29) is 11.4 Å². The number of carbonyl (C=O) groups is 2. The molecule has 0 unspecified atom stereocenters. The summed E-state index contributed by atoms with van der Waals surface area (Å²) in [5, 5.41) is 4.48. The van der Waals surface area contributed by atoms with Crippen LogP contribution in [0.25, 0.3) is 11.0 Å². The monoisotopic (exact) mass is 374 g/mol. The maximum absolute atomic E-state index is 13.3. The molecule has 1 heterocycles. The smallest absolute Gasteiger partial charge is 0.326 e. The van der Waals surface area contributed by atoms with Gasteiger partial charge >= 0.3 is 6.18 Å². The van der Waals surface area contributed by atoms with Crippen molar-refractivity contribution in [3.05, 3.63) is 59.9 Å². The molecular formula is C18H13F3N4O2. The van der Waals surface area contributed by atoms with Gasteiger partial charge < -0.3 is 10.6 Å². The number of hydrogen-bond acceptors (Lipinski definition) is 4. The van der Waals surface area contributed by atoms with Crippen molar-refractivity contribution < 1.29 is 22.8 Å². The first-order valence-corrected chi connectivity index (χ1v) is 7.76. The Balaban J connectivity index is 1.93. The van der Waals surface area contributed by atoms with Crippen LogP contribution in [-0.2, 0) is 11.0 Å². The fourth-order valence-corrected chi connectivity index (χ4v) is 2.42. The number of carbonyl (C=O) groups excluding carboxylic acids is 2. The van der Waals surface area contributed by atoms with Gasteiger partial charge in [0.15, 0.2) is 0 Å². The van der Waals surface area contributed by atoms with Gasteiger partial charge in [0.2, 0.25) is 5.91 Å². The van der Waals surface area contributed by atoms with Crippen LogP contribution in [-0.4, -0.2) is 21.8 Å². The molecule has 0 spiro atoms. The highest BCUT2D eigenvalue weighted by molar-refractivity contribution is 6.04. The van der Waals surface area contributed by atoms with Gasteiger partial charge in [0.05, 0.1) is 28.5 Å². The first kappa shape index (κ1) is 18.3. The van der Waals surface area contributed by atoms with Gasteiger partial charge in [-0.3, -0.25) is 14.6 Å². The van der Waals surface area contributed by atoms with Gasteiger partial charge in [0, 0.05) is 12.6 Å². The quantitative estimate of drug-likeness (QED) is 0.729. The molecule has 9 heteroatoms. The number of nitrogens with one attached hydrogen (secondary N) is 2. The lowest BCUT2D eigenvalue weighted by Gasteiger charge is -2.15. The zero-order valence-electron chi connectivity index (χ0n) is 14.0. The zero-order chi connectivity index (χ0) is 19.6. The summed E-state index contributed by atoms with van der Waals surface area (Å²) in [6.07, 6.45) is -3.54. The molecule has 0 radical (unpaired) electrons. The second-order valence-electron chi connectivity index (χ2n) is 5.64. The van der Waals surface area contributed by atoms with E-state index in [9.17, 15) is 22.8 Å². The average Bonchev–Trinajstić information content (AvgIpc) is 2.61. The fourth-order valence-electron chi connectivity index (χ4n) is 2.42. The second kappa shape index (κ2) is 7.02. The molecule has 2 N–H and O–H groups in total. The molecule has 0 atom stereocenters. The SMILES string of the molecule is CC(=O)Nc1ccc(NC(=O)c2cnc3ccccc3n2)c(C(F)(F)F)c1. The Kier molecular flexibility index (Phi) is 4.76. The van der Waals surface area contributed by atoms with Gasteiger partial charge in [-0.15, -0.1) is 0 Å². The van der Waals surface area contributed by atoms with E-state index in [1.54, 1.807) is 24.3 Å². The molecule has 2 amide bonds. The standard InChI is InChI=1S/C18H13F3N4O2/c1-10(26)23-11-6-7-13(12(8-11)18(19,20)21)25-17(27)16-9-22-14-4-2-3-5-15(14)24-16/h2-9H,1H3,(H,23,26)(H,25,27). The first-order valence-electron chi connectivity index (χ1n) is 7.76. The predicted molar refractivity (Wildman–Crippen MR) is 93.2 cm³/mol. The highest BCUT2D eigenvalue weighted by Gasteiger charge is 2.34. The summed E-state index contributed by atoms with van der Waals surface area (Å²) in [5.74, 6) is -1.34. The number of benzene rings is 2. The molecule has 3 rings (SSSR count). The normalized spacial score (nSPS) is 11.3. The van der Waals surface area contributed by atoms with Crippen LogP contribution in [0.15, 0.2) is 48.7 Å². The Bertz CT molecular complexity index is 1030. The third-order valence-electron chi connectivity index (χ3n) is 3.57. The van der Waals surface area contributed by atoms with E-state index in [1.807, 2.05) is 0 Å². The molecule has 0 bridgehead atoms. The minimum absolute atomic E-state index is 0.0293. The van der Waals surface area contributed by atoms with Crippen LogP contribution in [0.2, 0.25) is 0 Å². The molecule has 0 fully saturated rings. The molecule has 138 valence electrons. The molecule has 0 aliphatic rings. The van der Waals surface area contributed by atoms with E-state index < -0.39 is 29.2 Å². The molecular weight excluding hydrogens is 361 g/mol. The van der Waals surface area contributed by atoms with Crippen LogP contribution in [0.4, 0.5) is 24.5 Å². The number of aromatic nitrogens is 2. The van der Waals surface area contributed by atoms with Crippen LogP contribution in [0.1, 0.15) is 23.0 Å². The van der Waals surface area contributed by atoms with Crippen molar-refractivity contribution >= 4 is 34.2 Å². The van der Waals surface area contributed by atoms with Crippen molar-refractivity contribution in [3.8, 4) is 0 Å². The summed E-state index contributed by atoms with van der Waals surface area (Å²) >= 11 is 0. The van der Waals surface area contributed by atoms with E-state index in [4.69, 9.17) is 0 Å². The lowest BCUT2D eigenvalue weighted by Crippen LogP contribution is -2.18. The Morgan fingerprint density at radius 1 is 1.00 bits per heavy atom. The highest BCUT2D eigenvalue weighted by atomic mass is 19.4. The number of fused-ring (bicyclic) bond motifs is 1. The predicted octanol–water partition coefficient (Wildman–Crippen LogP) is 3.86. The van der Waals surface area contributed by atoms with Crippen LogP contribution in [0.3, 0.4) is 0 Å². The Morgan fingerprint density at radius 3 is 2.37 bits per heavy atom. The van der Waals surface area contributed by atoms with Gasteiger partial charge in [-0.25, -0.2) is 4.98 Å².